The van der Waals surface area contributed by atoms with Gasteiger partial charge in [0.25, 0.3) is 0 Å². The van der Waals surface area contributed by atoms with Gasteiger partial charge in [-0.05, 0) is 36.3 Å². The van der Waals surface area contributed by atoms with Crippen LogP contribution in [0.2, 0.25) is 0 Å². The molecule has 0 aliphatic rings. The maximum absolute atomic E-state index is 9.47. The Hall–Kier alpha value is -6.27. The number of nitrogens with zero attached hydrogens (tertiary/aromatic N) is 4. The van der Waals surface area contributed by atoms with E-state index in [1.54, 1.807) is 0 Å². The second-order valence-corrected chi connectivity index (χ2v) is 9.59. The first-order chi connectivity index (χ1) is 31.5. The molecule has 4 heterocycles. The molecule has 6 aromatic carbocycles. The van der Waals surface area contributed by atoms with Gasteiger partial charge in [-0.15, -0.1) is 0 Å². The standard InChI is InChI=1S/C39H22N4O2/c1-2-11-23(12-3-1)37-40-38(29-17-10-16-26-24-13-5-8-19-32(24)44-35(26)29)42-39(41-37)43-30-18-7-4-15-28(30)34-31(43)22-21-27-25-14-6-9-20-33(25)45-36(27)34/h1-22H/i1D,2D,3D,4D,5D,6D,7D,8D,9D,10D,11D,12D,13D,14D,15D,16D,17D,18D,19D,20D,21D,22D. The van der Waals surface area contributed by atoms with Crippen molar-refractivity contribution in [1.82, 2.24) is 19.5 Å². The molecule has 45 heavy (non-hydrogen) atoms. The lowest BCUT2D eigenvalue weighted by Gasteiger charge is -2.11. The van der Waals surface area contributed by atoms with Gasteiger partial charge < -0.3 is 8.83 Å². The molecule has 0 aliphatic heterocycles. The first-order valence-corrected chi connectivity index (χ1v) is 13.1. The third-order valence-corrected chi connectivity index (χ3v) is 7.18. The number of hydrogen-bond acceptors (Lipinski definition) is 5. The summed E-state index contributed by atoms with van der Waals surface area (Å²) >= 11 is 0. The number of aromatic nitrogens is 4. The summed E-state index contributed by atoms with van der Waals surface area (Å²) in [5, 5.41) is -2.08. The summed E-state index contributed by atoms with van der Waals surface area (Å²) in [7, 11) is 0. The highest BCUT2D eigenvalue weighted by Crippen LogP contribution is 2.41. The highest BCUT2D eigenvalue weighted by molar-refractivity contribution is 6.23. The molecule has 0 saturated carbocycles. The number of fused-ring (bicyclic) bond motifs is 10. The Kier molecular flexibility index (Phi) is 2.30. The van der Waals surface area contributed by atoms with Crippen LogP contribution in [0.1, 0.15) is 30.2 Å². The van der Waals surface area contributed by atoms with Gasteiger partial charge in [0.05, 0.1) is 52.1 Å². The summed E-state index contributed by atoms with van der Waals surface area (Å²) in [5.41, 5.74) is -4.12. The summed E-state index contributed by atoms with van der Waals surface area (Å²) in [6, 6.07) is -16.7. The van der Waals surface area contributed by atoms with Crippen LogP contribution in [0.4, 0.5) is 0 Å². The van der Waals surface area contributed by atoms with E-state index < -0.39 is 200 Å². The Morgan fingerprint density at radius 2 is 1.09 bits per heavy atom. The van der Waals surface area contributed by atoms with Crippen LogP contribution in [0.3, 0.4) is 0 Å². The molecular weight excluding hydrogens is 556 g/mol. The van der Waals surface area contributed by atoms with Crippen molar-refractivity contribution in [2.24, 2.45) is 0 Å². The van der Waals surface area contributed by atoms with Crippen LogP contribution in [0, 0.1) is 0 Å². The van der Waals surface area contributed by atoms with Crippen LogP contribution in [0.5, 0.6) is 0 Å². The predicted molar refractivity (Wildman–Crippen MR) is 180 cm³/mol. The van der Waals surface area contributed by atoms with Gasteiger partial charge in [-0.25, -0.2) is 4.98 Å². The van der Waals surface area contributed by atoms with Crippen LogP contribution in [-0.2, 0) is 0 Å². The first-order valence-electron chi connectivity index (χ1n) is 24.1. The molecule has 210 valence electrons. The highest BCUT2D eigenvalue weighted by atomic mass is 16.3. The lowest BCUT2D eigenvalue weighted by molar-refractivity contribution is 0.669. The quantitative estimate of drug-likeness (QED) is 0.202. The zero-order valence-electron chi connectivity index (χ0n) is 44.1. The number of para-hydroxylation sites is 4. The molecule has 0 N–H and O–H groups in total. The van der Waals surface area contributed by atoms with Gasteiger partial charge in [-0.2, -0.15) is 9.97 Å². The zero-order valence-corrected chi connectivity index (χ0v) is 22.1. The molecule has 0 unspecified atom stereocenters. The molecule has 10 aromatic rings. The summed E-state index contributed by atoms with van der Waals surface area (Å²) in [4.78, 5) is 13.4. The van der Waals surface area contributed by atoms with Gasteiger partial charge in [-0.1, -0.05) is 96.7 Å². The Morgan fingerprint density at radius 1 is 0.467 bits per heavy atom. The lowest BCUT2D eigenvalue weighted by Crippen LogP contribution is -2.06. The van der Waals surface area contributed by atoms with Crippen LogP contribution < -0.4 is 0 Å². The first kappa shape index (κ1) is 11.3. The molecule has 0 atom stereocenters. The van der Waals surface area contributed by atoms with Crippen molar-refractivity contribution in [1.29, 1.82) is 0 Å². The topological polar surface area (TPSA) is 69.9 Å². The molecular formula is C39H22N4O2. The van der Waals surface area contributed by atoms with Crippen molar-refractivity contribution in [3.05, 3.63) is 133 Å². The molecule has 10 rings (SSSR count). The van der Waals surface area contributed by atoms with Crippen molar-refractivity contribution < 1.29 is 39.0 Å². The third-order valence-electron chi connectivity index (χ3n) is 7.18. The monoisotopic (exact) mass is 600 g/mol. The number of rotatable bonds is 3. The van der Waals surface area contributed by atoms with Gasteiger partial charge in [0, 0.05) is 32.5 Å². The van der Waals surface area contributed by atoms with Crippen molar-refractivity contribution in [2.75, 3.05) is 0 Å². The van der Waals surface area contributed by atoms with Gasteiger partial charge in [-0.3, -0.25) is 4.57 Å². The normalized spacial score (nSPS) is 18.8. The van der Waals surface area contributed by atoms with Crippen LogP contribution in [0.15, 0.2) is 142 Å². The molecule has 4 aromatic heterocycles. The van der Waals surface area contributed by atoms with Gasteiger partial charge in [0.15, 0.2) is 11.6 Å². The fraction of sp³-hybridized carbons (Fsp3) is 0. The van der Waals surface area contributed by atoms with E-state index >= 15 is 0 Å². The summed E-state index contributed by atoms with van der Waals surface area (Å²) in [5.74, 6) is -2.25. The zero-order chi connectivity index (χ0) is 48.6. The Balaban J connectivity index is 1.47. The van der Waals surface area contributed by atoms with E-state index in [4.69, 9.17) is 34.9 Å². The van der Waals surface area contributed by atoms with Gasteiger partial charge in [0.2, 0.25) is 5.95 Å². The summed E-state index contributed by atoms with van der Waals surface area (Å²) < 4.78 is 205. The summed E-state index contributed by atoms with van der Waals surface area (Å²) in [6.07, 6.45) is 0. The second-order valence-electron chi connectivity index (χ2n) is 9.59. The fourth-order valence-electron chi connectivity index (χ4n) is 5.31. The maximum atomic E-state index is 9.47. The summed E-state index contributed by atoms with van der Waals surface area (Å²) in [6.45, 7) is 0. The molecule has 0 aliphatic carbocycles. The average molecular weight is 601 g/mol. The van der Waals surface area contributed by atoms with Crippen molar-refractivity contribution in [2.45, 2.75) is 0 Å². The highest BCUT2D eigenvalue weighted by Gasteiger charge is 2.22. The predicted octanol–water partition coefficient (Wildman–Crippen LogP) is 10.1. The molecule has 0 bridgehead atoms. The van der Waals surface area contributed by atoms with Crippen molar-refractivity contribution >= 4 is 65.7 Å². The van der Waals surface area contributed by atoms with E-state index in [-0.39, 0.29) is 26.9 Å². The van der Waals surface area contributed by atoms with Gasteiger partial charge in [0.1, 0.15) is 22.3 Å². The average Bonchev–Trinajstić information content (AvgIpc) is 4.01. The Bertz CT molecular complexity index is 4000. The lowest BCUT2D eigenvalue weighted by atomic mass is 10.1. The smallest absolute Gasteiger partial charge is 0.238 e. The minimum atomic E-state index is -0.858. The Labute approximate surface area is 286 Å². The largest absolute Gasteiger partial charge is 0.455 e. The van der Waals surface area contributed by atoms with Crippen LogP contribution in [0.25, 0.3) is 94.4 Å². The molecule has 6 nitrogen and oxygen atoms in total. The number of furan rings is 2. The number of benzene rings is 6. The van der Waals surface area contributed by atoms with Gasteiger partial charge >= 0.3 is 0 Å². The fourth-order valence-corrected chi connectivity index (χ4v) is 5.31. The molecule has 6 heteroatoms. The minimum absolute atomic E-state index is 0.308. The second kappa shape index (κ2) is 9.11. The van der Waals surface area contributed by atoms with Crippen LogP contribution in [-0.4, -0.2) is 19.5 Å². The molecule has 0 fully saturated rings. The third kappa shape index (κ3) is 3.48. The van der Waals surface area contributed by atoms with E-state index in [9.17, 15) is 4.11 Å². The SMILES string of the molecule is [2H]c1c([2H])c([2H])c(-c2nc(-c3c([2H])c([2H])c([2H])c4c3oc3c([2H])c([2H])c([2H])c([2H])c34)nc(-n3c4c([2H])c([2H])c([2H])c([2H])c4c4c5oc6c([2H])c([2H])c([2H])c([2H])c6c5c([2H])c([2H])c43)n2)c([2H])c1[2H]. The van der Waals surface area contributed by atoms with E-state index in [2.05, 4.69) is 15.0 Å². The van der Waals surface area contributed by atoms with Crippen molar-refractivity contribution in [3.8, 4) is 28.7 Å². The minimum Gasteiger partial charge on any atom is -0.455 e. The molecule has 0 amide bonds. The maximum Gasteiger partial charge on any atom is 0.238 e. The Morgan fingerprint density at radius 3 is 1.89 bits per heavy atom. The van der Waals surface area contributed by atoms with Crippen molar-refractivity contribution in [3.63, 3.8) is 0 Å². The van der Waals surface area contributed by atoms with E-state index in [0.29, 0.717) is 0 Å². The molecule has 0 radical (unpaired) electrons. The molecule has 0 spiro atoms. The van der Waals surface area contributed by atoms with Crippen LogP contribution >= 0.6 is 0 Å². The molecule has 0 saturated heterocycles. The van der Waals surface area contributed by atoms with E-state index in [1.807, 2.05) is 0 Å². The number of hydrogen-bond donors (Lipinski definition) is 0. The van der Waals surface area contributed by atoms with E-state index in [1.165, 1.54) is 0 Å². The van der Waals surface area contributed by atoms with E-state index in [0.717, 1.165) is 4.57 Å².